The minimum atomic E-state index is -1.22. The van der Waals surface area contributed by atoms with Crippen LogP contribution in [0.2, 0.25) is 0 Å². The zero-order chi connectivity index (χ0) is 21.2. The van der Waals surface area contributed by atoms with Crippen LogP contribution >= 0.6 is 0 Å². The van der Waals surface area contributed by atoms with Crippen LogP contribution in [0.4, 0.5) is 0 Å². The number of rotatable bonds is 8. The molecular weight excluding hydrogens is 372 g/mol. The predicted molar refractivity (Wildman–Crippen MR) is 107 cm³/mol. The van der Waals surface area contributed by atoms with E-state index in [1.165, 1.54) is 4.90 Å². The van der Waals surface area contributed by atoms with Gasteiger partial charge in [0.25, 0.3) is 0 Å². The minimum absolute atomic E-state index is 0.213. The first-order valence-electron chi connectivity index (χ1n) is 10.4. The number of carbonyl (C=O) groups excluding carboxylic acids is 3. The summed E-state index contributed by atoms with van der Waals surface area (Å²) in [7, 11) is 1.57. The van der Waals surface area contributed by atoms with Crippen molar-refractivity contribution < 1.29 is 23.9 Å². The number of nitrogens with one attached hydrogen (secondary N) is 1. The third-order valence-corrected chi connectivity index (χ3v) is 6.10. The van der Waals surface area contributed by atoms with Crippen LogP contribution in [0, 0.1) is 11.8 Å². The first-order valence-corrected chi connectivity index (χ1v) is 10.4. The van der Waals surface area contributed by atoms with Gasteiger partial charge in [-0.2, -0.15) is 0 Å². The molecule has 4 atom stereocenters. The van der Waals surface area contributed by atoms with Crippen LogP contribution in [-0.2, 0) is 19.1 Å². The SMILES string of the molecule is CCCCC1(C(=O)OCC)NC(c2ccccc2OC)C2C(=O)N(CC)C(=O)C21. The Morgan fingerprint density at radius 2 is 1.90 bits per heavy atom. The summed E-state index contributed by atoms with van der Waals surface area (Å²) in [6, 6.07) is 6.90. The van der Waals surface area contributed by atoms with Gasteiger partial charge in [0.2, 0.25) is 11.8 Å². The second kappa shape index (κ2) is 8.53. The lowest BCUT2D eigenvalue weighted by Crippen LogP contribution is -2.56. The van der Waals surface area contributed by atoms with Crippen molar-refractivity contribution in [2.75, 3.05) is 20.3 Å². The second-order valence-corrected chi connectivity index (χ2v) is 7.58. The number of carbonyl (C=O) groups is 3. The van der Waals surface area contributed by atoms with Crippen LogP contribution < -0.4 is 10.1 Å². The van der Waals surface area contributed by atoms with E-state index >= 15 is 0 Å². The van der Waals surface area contributed by atoms with E-state index in [1.807, 2.05) is 31.2 Å². The average molecular weight is 402 g/mol. The van der Waals surface area contributed by atoms with Crippen LogP contribution in [0.1, 0.15) is 51.6 Å². The fourth-order valence-electron chi connectivity index (χ4n) is 4.80. The molecule has 2 fully saturated rings. The van der Waals surface area contributed by atoms with Gasteiger partial charge in [-0.15, -0.1) is 0 Å². The molecule has 0 spiro atoms. The van der Waals surface area contributed by atoms with Gasteiger partial charge in [0.15, 0.2) is 0 Å². The third kappa shape index (κ3) is 3.31. The first kappa shape index (κ1) is 21.3. The Morgan fingerprint density at radius 1 is 1.17 bits per heavy atom. The summed E-state index contributed by atoms with van der Waals surface area (Å²) in [6.45, 7) is 6.06. The number of hydrogen-bond donors (Lipinski definition) is 1. The number of benzene rings is 1. The quantitative estimate of drug-likeness (QED) is 0.531. The van der Waals surface area contributed by atoms with Crippen molar-refractivity contribution >= 4 is 17.8 Å². The van der Waals surface area contributed by atoms with Gasteiger partial charge in [-0.05, 0) is 26.3 Å². The highest BCUT2D eigenvalue weighted by atomic mass is 16.5. The van der Waals surface area contributed by atoms with Crippen molar-refractivity contribution in [3.8, 4) is 5.75 Å². The zero-order valence-corrected chi connectivity index (χ0v) is 17.6. The maximum atomic E-state index is 13.3. The molecule has 7 heteroatoms. The standard InChI is InChI=1S/C22H30N2O5/c1-5-8-13-22(21(27)29-7-3)17-16(19(25)24(6-2)20(17)26)18(23-22)14-11-9-10-12-15(14)28-4/h9-12,16-18,23H,5-8,13H2,1-4H3. The van der Waals surface area contributed by atoms with E-state index in [0.29, 0.717) is 12.2 Å². The van der Waals surface area contributed by atoms with Gasteiger partial charge in [-0.25, -0.2) is 0 Å². The van der Waals surface area contributed by atoms with Crippen LogP contribution in [-0.4, -0.2) is 48.5 Å². The Labute approximate surface area is 171 Å². The van der Waals surface area contributed by atoms with Gasteiger partial charge in [0.05, 0.1) is 25.6 Å². The molecule has 0 radical (unpaired) electrons. The maximum Gasteiger partial charge on any atom is 0.327 e. The van der Waals surface area contributed by atoms with E-state index in [-0.39, 0.29) is 25.0 Å². The normalized spacial score (nSPS) is 28.6. The number of ether oxygens (including phenoxy) is 2. The fraction of sp³-hybridized carbons (Fsp3) is 0.591. The Morgan fingerprint density at radius 3 is 2.52 bits per heavy atom. The van der Waals surface area contributed by atoms with E-state index in [9.17, 15) is 14.4 Å². The van der Waals surface area contributed by atoms with E-state index in [4.69, 9.17) is 9.47 Å². The van der Waals surface area contributed by atoms with Gasteiger partial charge in [-0.3, -0.25) is 24.6 Å². The van der Waals surface area contributed by atoms with E-state index in [2.05, 4.69) is 5.32 Å². The molecule has 3 rings (SSSR count). The van der Waals surface area contributed by atoms with Gasteiger partial charge in [0, 0.05) is 18.2 Å². The van der Waals surface area contributed by atoms with Gasteiger partial charge in [0.1, 0.15) is 11.3 Å². The highest BCUT2D eigenvalue weighted by Crippen LogP contribution is 2.52. The summed E-state index contributed by atoms with van der Waals surface area (Å²) in [6.07, 6.45) is 2.03. The number of fused-ring (bicyclic) bond motifs is 1. The van der Waals surface area contributed by atoms with Crippen molar-refractivity contribution in [1.82, 2.24) is 10.2 Å². The Bertz CT molecular complexity index is 795. The number of likely N-dealkylation sites (tertiary alicyclic amines) is 1. The summed E-state index contributed by atoms with van der Waals surface area (Å²) < 4.78 is 10.9. The lowest BCUT2D eigenvalue weighted by Gasteiger charge is -2.33. The van der Waals surface area contributed by atoms with Crippen molar-refractivity contribution in [2.45, 2.75) is 51.6 Å². The van der Waals surface area contributed by atoms with Crippen LogP contribution in [0.5, 0.6) is 5.75 Å². The molecule has 0 aromatic heterocycles. The number of unbranched alkanes of at least 4 members (excludes halogenated alkanes) is 1. The minimum Gasteiger partial charge on any atom is -0.496 e. The Hall–Kier alpha value is -2.41. The summed E-state index contributed by atoms with van der Waals surface area (Å²) in [5, 5.41) is 3.40. The maximum absolute atomic E-state index is 13.3. The molecule has 0 bridgehead atoms. The molecule has 0 aliphatic carbocycles. The number of esters is 1. The molecule has 1 N–H and O–H groups in total. The highest BCUT2D eigenvalue weighted by Gasteiger charge is 2.68. The van der Waals surface area contributed by atoms with Gasteiger partial charge < -0.3 is 9.47 Å². The molecule has 2 aliphatic heterocycles. The Kier molecular flexibility index (Phi) is 6.27. The van der Waals surface area contributed by atoms with Gasteiger partial charge >= 0.3 is 5.97 Å². The largest absolute Gasteiger partial charge is 0.496 e. The fourth-order valence-corrected chi connectivity index (χ4v) is 4.80. The van der Waals surface area contributed by atoms with Crippen LogP contribution in [0.3, 0.4) is 0 Å². The van der Waals surface area contributed by atoms with E-state index in [1.54, 1.807) is 21.0 Å². The average Bonchev–Trinajstić information content (AvgIpc) is 3.20. The molecule has 2 aliphatic rings. The van der Waals surface area contributed by atoms with Crippen molar-refractivity contribution in [3.63, 3.8) is 0 Å². The number of hydrogen-bond acceptors (Lipinski definition) is 6. The molecule has 2 heterocycles. The molecule has 0 saturated carbocycles. The second-order valence-electron chi connectivity index (χ2n) is 7.58. The number of para-hydroxylation sites is 1. The van der Waals surface area contributed by atoms with Crippen LogP contribution in [0.15, 0.2) is 24.3 Å². The number of methoxy groups -OCH3 is 1. The van der Waals surface area contributed by atoms with E-state index < -0.39 is 29.4 Å². The lowest BCUT2D eigenvalue weighted by molar-refractivity contribution is -0.156. The van der Waals surface area contributed by atoms with Gasteiger partial charge in [-0.1, -0.05) is 38.0 Å². The van der Waals surface area contributed by atoms with Crippen molar-refractivity contribution in [2.24, 2.45) is 11.8 Å². The molecule has 2 saturated heterocycles. The van der Waals surface area contributed by atoms with E-state index in [0.717, 1.165) is 18.4 Å². The smallest absolute Gasteiger partial charge is 0.327 e. The molecule has 1 aromatic carbocycles. The molecular formula is C22H30N2O5. The third-order valence-electron chi connectivity index (χ3n) is 6.10. The summed E-state index contributed by atoms with van der Waals surface area (Å²) in [5.41, 5.74) is -0.453. The van der Waals surface area contributed by atoms with Crippen LogP contribution in [0.25, 0.3) is 0 Å². The Balaban J connectivity index is 2.16. The molecule has 1 aromatic rings. The monoisotopic (exact) mass is 402 g/mol. The molecule has 29 heavy (non-hydrogen) atoms. The molecule has 158 valence electrons. The predicted octanol–water partition coefficient (Wildman–Crippen LogP) is 2.45. The number of nitrogens with zero attached hydrogens (tertiary/aromatic N) is 1. The number of amides is 2. The summed E-state index contributed by atoms with van der Waals surface area (Å²) in [4.78, 5) is 41.0. The summed E-state index contributed by atoms with van der Waals surface area (Å²) >= 11 is 0. The van der Waals surface area contributed by atoms with Crippen molar-refractivity contribution in [3.05, 3.63) is 29.8 Å². The number of imide groups is 1. The van der Waals surface area contributed by atoms with Crippen molar-refractivity contribution in [1.29, 1.82) is 0 Å². The molecule has 2 amide bonds. The molecule has 4 unspecified atom stereocenters. The first-order chi connectivity index (χ1) is 14.0. The summed E-state index contributed by atoms with van der Waals surface area (Å²) in [5.74, 6) is -1.82. The lowest BCUT2D eigenvalue weighted by atomic mass is 9.76. The zero-order valence-electron chi connectivity index (χ0n) is 17.6. The topological polar surface area (TPSA) is 84.9 Å². The molecule has 7 nitrogen and oxygen atoms in total. The highest BCUT2D eigenvalue weighted by molar-refractivity contribution is 6.09.